The number of methoxy groups -OCH3 is 4. The van der Waals surface area contributed by atoms with Crippen molar-refractivity contribution in [1.82, 2.24) is 4.90 Å². The SMILES string of the molecule is COc1cc2c(cc1OC)[C@H](O)[C@@H]1c3cc(OC)c(OC)cc3CCN1C2. The maximum atomic E-state index is 11.3. The van der Waals surface area contributed by atoms with Gasteiger partial charge in [0.15, 0.2) is 23.0 Å². The Morgan fingerprint density at radius 1 is 0.778 bits per heavy atom. The fourth-order valence-electron chi connectivity index (χ4n) is 4.31. The highest BCUT2D eigenvalue weighted by molar-refractivity contribution is 5.53. The second kappa shape index (κ2) is 6.94. The van der Waals surface area contributed by atoms with Gasteiger partial charge in [-0.3, -0.25) is 4.90 Å². The molecule has 2 aromatic carbocycles. The maximum absolute atomic E-state index is 11.3. The van der Waals surface area contributed by atoms with Gasteiger partial charge >= 0.3 is 0 Å². The second-order valence-corrected chi connectivity index (χ2v) is 6.92. The highest BCUT2D eigenvalue weighted by atomic mass is 16.5. The summed E-state index contributed by atoms with van der Waals surface area (Å²) in [5, 5.41) is 11.3. The number of aliphatic hydroxyl groups excluding tert-OH is 1. The smallest absolute Gasteiger partial charge is 0.161 e. The van der Waals surface area contributed by atoms with Crippen LogP contribution in [0.5, 0.6) is 23.0 Å². The molecule has 6 heteroatoms. The first-order valence-corrected chi connectivity index (χ1v) is 9.03. The van der Waals surface area contributed by atoms with Gasteiger partial charge in [-0.15, -0.1) is 0 Å². The third kappa shape index (κ3) is 2.80. The Morgan fingerprint density at radius 2 is 1.30 bits per heavy atom. The lowest BCUT2D eigenvalue weighted by atomic mass is 9.81. The predicted molar refractivity (Wildman–Crippen MR) is 101 cm³/mol. The largest absolute Gasteiger partial charge is 0.493 e. The van der Waals surface area contributed by atoms with Crippen molar-refractivity contribution in [2.24, 2.45) is 0 Å². The Balaban J connectivity index is 1.81. The number of benzene rings is 2. The van der Waals surface area contributed by atoms with Crippen LogP contribution in [0.4, 0.5) is 0 Å². The molecule has 0 aromatic heterocycles. The number of ether oxygens (including phenoxy) is 4. The molecule has 1 N–H and O–H groups in total. The first-order chi connectivity index (χ1) is 13.1. The van der Waals surface area contributed by atoms with E-state index in [1.807, 2.05) is 24.3 Å². The molecule has 2 aromatic rings. The van der Waals surface area contributed by atoms with Gasteiger partial charge in [-0.1, -0.05) is 0 Å². The van der Waals surface area contributed by atoms with Crippen LogP contribution in [0.15, 0.2) is 24.3 Å². The topological polar surface area (TPSA) is 60.4 Å². The quantitative estimate of drug-likeness (QED) is 0.892. The van der Waals surface area contributed by atoms with Crippen LogP contribution < -0.4 is 18.9 Å². The monoisotopic (exact) mass is 371 g/mol. The molecule has 0 bridgehead atoms. The predicted octanol–water partition coefficient (Wildman–Crippen LogP) is 2.87. The summed E-state index contributed by atoms with van der Waals surface area (Å²) in [4.78, 5) is 2.31. The van der Waals surface area contributed by atoms with E-state index < -0.39 is 6.10 Å². The van der Waals surface area contributed by atoms with Crippen molar-refractivity contribution in [2.75, 3.05) is 35.0 Å². The zero-order valence-electron chi connectivity index (χ0n) is 16.1. The molecule has 2 atom stereocenters. The van der Waals surface area contributed by atoms with Gasteiger partial charge in [0.1, 0.15) is 0 Å². The normalized spacial score (nSPS) is 20.9. The minimum Gasteiger partial charge on any atom is -0.493 e. The highest BCUT2D eigenvalue weighted by Gasteiger charge is 2.39. The summed E-state index contributed by atoms with van der Waals surface area (Å²) >= 11 is 0. The van der Waals surface area contributed by atoms with E-state index in [0.29, 0.717) is 17.2 Å². The van der Waals surface area contributed by atoms with Crippen LogP contribution in [0.2, 0.25) is 0 Å². The van der Waals surface area contributed by atoms with E-state index in [1.165, 1.54) is 5.56 Å². The number of hydrogen-bond donors (Lipinski definition) is 1. The minimum absolute atomic E-state index is 0.126. The third-order valence-electron chi connectivity index (χ3n) is 5.66. The van der Waals surface area contributed by atoms with Crippen molar-refractivity contribution in [3.05, 3.63) is 46.5 Å². The van der Waals surface area contributed by atoms with Gasteiger partial charge in [0.05, 0.1) is 40.6 Å². The Morgan fingerprint density at radius 3 is 1.89 bits per heavy atom. The summed E-state index contributed by atoms with van der Waals surface area (Å²) in [6.07, 6.45) is 0.243. The first-order valence-electron chi connectivity index (χ1n) is 9.03. The van der Waals surface area contributed by atoms with Crippen molar-refractivity contribution < 1.29 is 24.1 Å². The molecule has 0 fully saturated rings. The number of aliphatic hydroxyl groups is 1. The average Bonchev–Trinajstić information content (AvgIpc) is 2.71. The van der Waals surface area contributed by atoms with Gasteiger partial charge in [0.25, 0.3) is 0 Å². The third-order valence-corrected chi connectivity index (χ3v) is 5.66. The molecule has 4 rings (SSSR count). The number of hydrogen-bond acceptors (Lipinski definition) is 6. The van der Waals surface area contributed by atoms with Gasteiger partial charge < -0.3 is 24.1 Å². The van der Waals surface area contributed by atoms with Gasteiger partial charge in [-0.05, 0) is 52.9 Å². The Bertz CT molecular complexity index is 866. The Hall–Kier alpha value is -2.44. The van der Waals surface area contributed by atoms with E-state index in [2.05, 4.69) is 4.90 Å². The first kappa shape index (κ1) is 17.9. The molecule has 6 nitrogen and oxygen atoms in total. The summed E-state index contributed by atoms with van der Waals surface area (Å²) in [5.41, 5.74) is 4.24. The molecular formula is C21H25NO5. The summed E-state index contributed by atoms with van der Waals surface area (Å²) < 4.78 is 21.8. The van der Waals surface area contributed by atoms with Gasteiger partial charge in [0.2, 0.25) is 0 Å². The highest BCUT2D eigenvalue weighted by Crippen LogP contribution is 2.48. The van der Waals surface area contributed by atoms with Crippen LogP contribution in [0, 0.1) is 0 Å². The molecule has 0 saturated carbocycles. The fraction of sp³-hybridized carbons (Fsp3) is 0.429. The van der Waals surface area contributed by atoms with Crippen LogP contribution in [-0.2, 0) is 13.0 Å². The lowest BCUT2D eigenvalue weighted by Crippen LogP contribution is -2.41. The van der Waals surface area contributed by atoms with Crippen molar-refractivity contribution in [3.63, 3.8) is 0 Å². The molecule has 2 aliphatic heterocycles. The lowest BCUT2D eigenvalue weighted by molar-refractivity contribution is 0.0201. The molecule has 2 heterocycles. The molecule has 0 amide bonds. The molecular weight excluding hydrogens is 346 g/mol. The number of nitrogens with zero attached hydrogens (tertiary/aromatic N) is 1. The fourth-order valence-corrected chi connectivity index (χ4v) is 4.31. The zero-order chi connectivity index (χ0) is 19.1. The Kier molecular flexibility index (Phi) is 4.61. The minimum atomic E-state index is -0.661. The molecule has 144 valence electrons. The Labute approximate surface area is 159 Å². The summed E-state index contributed by atoms with van der Waals surface area (Å²) in [6.45, 7) is 1.63. The average molecular weight is 371 g/mol. The van der Waals surface area contributed by atoms with E-state index in [9.17, 15) is 5.11 Å². The number of fused-ring (bicyclic) bond motifs is 4. The van der Waals surface area contributed by atoms with Crippen molar-refractivity contribution in [3.8, 4) is 23.0 Å². The zero-order valence-corrected chi connectivity index (χ0v) is 16.1. The van der Waals surface area contributed by atoms with E-state index in [4.69, 9.17) is 18.9 Å². The lowest BCUT2D eigenvalue weighted by Gasteiger charge is -2.44. The summed E-state index contributed by atoms with van der Waals surface area (Å²) in [6, 6.07) is 7.77. The molecule has 0 saturated heterocycles. The van der Waals surface area contributed by atoms with Crippen LogP contribution in [-0.4, -0.2) is 45.0 Å². The molecule has 0 radical (unpaired) electrons. The van der Waals surface area contributed by atoms with Crippen LogP contribution in [0.3, 0.4) is 0 Å². The van der Waals surface area contributed by atoms with Crippen molar-refractivity contribution in [2.45, 2.75) is 25.1 Å². The van der Waals surface area contributed by atoms with Gasteiger partial charge in [-0.2, -0.15) is 0 Å². The summed E-state index contributed by atoms with van der Waals surface area (Å²) in [5.74, 6) is 2.73. The standard InChI is InChI=1S/C21H25NO5/c1-24-16-7-12-5-6-22-11-13-8-17(25-2)19(27-4)10-15(13)21(23)20(22)14(12)9-18(16)26-3/h7-10,20-21,23H,5-6,11H2,1-4H3/t20-,21-/m0/s1. The van der Waals surface area contributed by atoms with Gasteiger partial charge in [0, 0.05) is 13.1 Å². The summed E-state index contributed by atoms with van der Waals surface area (Å²) in [7, 11) is 6.52. The van der Waals surface area contributed by atoms with Crippen LogP contribution in [0.1, 0.15) is 34.4 Å². The van der Waals surface area contributed by atoms with E-state index in [0.717, 1.165) is 42.0 Å². The molecule has 0 spiro atoms. The number of rotatable bonds is 4. The van der Waals surface area contributed by atoms with Crippen molar-refractivity contribution >= 4 is 0 Å². The van der Waals surface area contributed by atoms with E-state index in [1.54, 1.807) is 28.4 Å². The van der Waals surface area contributed by atoms with Crippen molar-refractivity contribution in [1.29, 1.82) is 0 Å². The van der Waals surface area contributed by atoms with E-state index in [-0.39, 0.29) is 6.04 Å². The van der Waals surface area contributed by atoms with Crippen LogP contribution >= 0.6 is 0 Å². The maximum Gasteiger partial charge on any atom is 0.161 e. The molecule has 0 unspecified atom stereocenters. The van der Waals surface area contributed by atoms with Crippen LogP contribution in [0.25, 0.3) is 0 Å². The van der Waals surface area contributed by atoms with E-state index >= 15 is 0 Å². The molecule has 27 heavy (non-hydrogen) atoms. The molecule has 0 aliphatic carbocycles. The molecule has 2 aliphatic rings. The second-order valence-electron chi connectivity index (χ2n) is 6.92. The van der Waals surface area contributed by atoms with Gasteiger partial charge in [-0.25, -0.2) is 0 Å².